The molecule has 1 aliphatic heterocycles. The highest BCUT2D eigenvalue weighted by Crippen LogP contribution is 2.20. The zero-order valence-electron chi connectivity index (χ0n) is 21.3. The molecule has 1 fully saturated rings. The molecule has 1 aromatic carbocycles. The number of benzene rings is 1. The maximum atomic E-state index is 13.5. The summed E-state index contributed by atoms with van der Waals surface area (Å²) < 4.78 is 11.2. The highest BCUT2D eigenvalue weighted by molar-refractivity contribution is 5.96. The number of carbonyl (C=O) groups excluding carboxylic acids is 2. The minimum atomic E-state index is -1.03. The first-order valence-electron chi connectivity index (χ1n) is 12.1. The van der Waals surface area contributed by atoms with Crippen LogP contribution in [-0.2, 0) is 20.7 Å². The second kappa shape index (κ2) is 12.3. The summed E-state index contributed by atoms with van der Waals surface area (Å²) >= 11 is 0. The number of carbonyl (C=O) groups is 3. The van der Waals surface area contributed by atoms with Crippen molar-refractivity contribution in [3.8, 4) is 11.8 Å². The Bertz CT molecular complexity index is 1130. The van der Waals surface area contributed by atoms with Gasteiger partial charge >= 0.3 is 5.97 Å². The summed E-state index contributed by atoms with van der Waals surface area (Å²) in [6, 6.07) is 11.4. The molecule has 0 saturated carbocycles. The van der Waals surface area contributed by atoms with Crippen molar-refractivity contribution in [1.82, 2.24) is 15.2 Å². The van der Waals surface area contributed by atoms with Crippen molar-refractivity contribution < 1.29 is 29.0 Å². The molecule has 0 aliphatic carbocycles. The van der Waals surface area contributed by atoms with Gasteiger partial charge in [0.05, 0.1) is 11.7 Å². The second-order valence-corrected chi connectivity index (χ2v) is 9.86. The van der Waals surface area contributed by atoms with Crippen molar-refractivity contribution in [2.24, 2.45) is 0 Å². The van der Waals surface area contributed by atoms with Crippen LogP contribution in [0, 0.1) is 11.3 Å². The van der Waals surface area contributed by atoms with E-state index >= 15 is 0 Å². The Labute approximate surface area is 216 Å². The minimum absolute atomic E-state index is 0.103. The summed E-state index contributed by atoms with van der Waals surface area (Å²) in [6.45, 7) is 6.28. The molecule has 2 heterocycles. The van der Waals surface area contributed by atoms with Crippen LogP contribution in [0.2, 0.25) is 0 Å². The number of likely N-dealkylation sites (tertiary alicyclic amines) is 1. The third-order valence-electron chi connectivity index (χ3n) is 5.71. The summed E-state index contributed by atoms with van der Waals surface area (Å²) in [5, 5.41) is 20.6. The van der Waals surface area contributed by atoms with Gasteiger partial charge in [0, 0.05) is 25.7 Å². The molecular weight excluding hydrogens is 476 g/mol. The van der Waals surface area contributed by atoms with Gasteiger partial charge in [-0.2, -0.15) is 5.26 Å². The van der Waals surface area contributed by atoms with Gasteiger partial charge in [0.2, 0.25) is 5.91 Å². The Morgan fingerprint density at radius 2 is 1.84 bits per heavy atom. The van der Waals surface area contributed by atoms with Crippen LogP contribution in [0.4, 0.5) is 0 Å². The van der Waals surface area contributed by atoms with Crippen LogP contribution in [0.3, 0.4) is 0 Å². The van der Waals surface area contributed by atoms with Crippen molar-refractivity contribution in [2.45, 2.75) is 57.8 Å². The van der Waals surface area contributed by atoms with E-state index in [2.05, 4.69) is 10.3 Å². The van der Waals surface area contributed by atoms with Gasteiger partial charge in [0.25, 0.3) is 5.91 Å². The average Bonchev–Trinajstić information content (AvgIpc) is 2.87. The quantitative estimate of drug-likeness (QED) is 0.526. The number of hydrogen-bond donors (Lipinski definition) is 2. The maximum Gasteiger partial charge on any atom is 0.329 e. The molecule has 1 atom stereocenters. The summed E-state index contributed by atoms with van der Waals surface area (Å²) in [7, 11) is 0. The number of amides is 2. The van der Waals surface area contributed by atoms with E-state index in [0.717, 1.165) is 5.56 Å². The molecule has 3 rings (SSSR count). The number of rotatable bonds is 9. The first kappa shape index (κ1) is 27.6. The Morgan fingerprint density at radius 3 is 2.38 bits per heavy atom. The lowest BCUT2D eigenvalue weighted by molar-refractivity contribution is -0.147. The van der Waals surface area contributed by atoms with E-state index in [1.54, 1.807) is 4.90 Å². The lowest BCUT2D eigenvalue weighted by atomic mass is 10.0. The Hall–Kier alpha value is -3.97. The Balaban J connectivity index is 1.72. The molecule has 0 unspecified atom stereocenters. The van der Waals surface area contributed by atoms with Gasteiger partial charge in [-0.25, -0.2) is 9.78 Å². The molecule has 10 nitrogen and oxygen atoms in total. The number of ether oxygens (including phenoxy) is 2. The summed E-state index contributed by atoms with van der Waals surface area (Å²) in [5.74, 6) is -1.09. The van der Waals surface area contributed by atoms with Crippen LogP contribution in [0.5, 0.6) is 5.75 Å². The van der Waals surface area contributed by atoms with Gasteiger partial charge in [-0.1, -0.05) is 12.1 Å². The van der Waals surface area contributed by atoms with Crippen LogP contribution in [0.25, 0.3) is 0 Å². The molecule has 1 aromatic heterocycles. The van der Waals surface area contributed by atoms with E-state index in [9.17, 15) is 14.4 Å². The number of nitrogens with zero attached hydrogens (tertiary/aromatic N) is 3. The lowest BCUT2D eigenvalue weighted by Crippen LogP contribution is -2.52. The van der Waals surface area contributed by atoms with E-state index in [1.807, 2.05) is 51.1 Å². The SMILES string of the molecule is CC(C)(C)Oc1ccc(C[C@H](NC(=O)c2ccc(C#N)cn2)C(=O)N2CCC(OCC(=O)O)CC2)cc1. The topological polar surface area (TPSA) is 142 Å². The van der Waals surface area contributed by atoms with Crippen LogP contribution < -0.4 is 10.1 Å². The predicted molar refractivity (Wildman–Crippen MR) is 134 cm³/mol. The molecule has 196 valence electrons. The Kier molecular flexibility index (Phi) is 9.20. The molecule has 37 heavy (non-hydrogen) atoms. The minimum Gasteiger partial charge on any atom is -0.488 e. The third kappa shape index (κ3) is 8.58. The Morgan fingerprint density at radius 1 is 1.16 bits per heavy atom. The summed E-state index contributed by atoms with van der Waals surface area (Å²) in [5.41, 5.74) is 0.927. The van der Waals surface area contributed by atoms with E-state index in [1.165, 1.54) is 18.3 Å². The number of piperidine rings is 1. The number of nitrogens with one attached hydrogen (secondary N) is 1. The zero-order chi connectivity index (χ0) is 27.0. The second-order valence-electron chi connectivity index (χ2n) is 9.86. The molecule has 0 bridgehead atoms. The summed E-state index contributed by atoms with van der Waals surface area (Å²) in [4.78, 5) is 42.9. The highest BCUT2D eigenvalue weighted by Gasteiger charge is 2.30. The van der Waals surface area contributed by atoms with Crippen molar-refractivity contribution in [1.29, 1.82) is 5.26 Å². The molecule has 2 aromatic rings. The van der Waals surface area contributed by atoms with E-state index in [-0.39, 0.29) is 36.3 Å². The van der Waals surface area contributed by atoms with Gasteiger partial charge in [0.1, 0.15) is 35.8 Å². The number of carboxylic acids is 1. The molecular formula is C27H32N4O6. The molecule has 1 aliphatic rings. The van der Waals surface area contributed by atoms with Gasteiger partial charge in [-0.05, 0) is 63.4 Å². The van der Waals surface area contributed by atoms with Gasteiger partial charge in [-0.15, -0.1) is 0 Å². The fourth-order valence-electron chi connectivity index (χ4n) is 3.96. The predicted octanol–water partition coefficient (Wildman–Crippen LogP) is 2.56. The van der Waals surface area contributed by atoms with Gasteiger partial charge < -0.3 is 24.8 Å². The third-order valence-corrected chi connectivity index (χ3v) is 5.71. The molecule has 0 radical (unpaired) electrons. The van der Waals surface area contributed by atoms with Crippen molar-refractivity contribution in [3.05, 3.63) is 59.4 Å². The van der Waals surface area contributed by atoms with Crippen molar-refractivity contribution in [3.63, 3.8) is 0 Å². The first-order chi connectivity index (χ1) is 17.5. The van der Waals surface area contributed by atoms with Gasteiger partial charge in [-0.3, -0.25) is 9.59 Å². The van der Waals surface area contributed by atoms with Crippen LogP contribution in [0.15, 0.2) is 42.6 Å². The number of pyridine rings is 1. The number of aliphatic carboxylic acids is 1. The van der Waals surface area contributed by atoms with Crippen molar-refractivity contribution in [2.75, 3.05) is 19.7 Å². The average molecular weight is 509 g/mol. The molecule has 2 N–H and O–H groups in total. The van der Waals surface area contributed by atoms with Crippen LogP contribution >= 0.6 is 0 Å². The largest absolute Gasteiger partial charge is 0.488 e. The normalized spacial score (nSPS) is 14.9. The number of nitriles is 1. The molecule has 2 amide bonds. The molecule has 1 saturated heterocycles. The molecule has 0 spiro atoms. The van der Waals surface area contributed by atoms with Crippen molar-refractivity contribution >= 4 is 17.8 Å². The monoisotopic (exact) mass is 508 g/mol. The fraction of sp³-hybridized carbons (Fsp3) is 0.444. The van der Waals surface area contributed by atoms with E-state index < -0.39 is 17.9 Å². The van der Waals surface area contributed by atoms with E-state index in [0.29, 0.717) is 37.2 Å². The number of aromatic nitrogens is 1. The van der Waals surface area contributed by atoms with Crippen LogP contribution in [0.1, 0.15) is 55.2 Å². The standard InChI is InChI=1S/C27H32N4O6/c1-27(2,3)37-21-7-4-18(5-8-21)14-23(30-25(34)22-9-6-19(15-28)16-29-22)26(35)31-12-10-20(11-13-31)36-17-24(32)33/h4-9,16,20,23H,10-14,17H2,1-3H3,(H,30,34)(H,32,33)/t23-/m0/s1. The molecule has 10 heteroatoms. The lowest BCUT2D eigenvalue weighted by Gasteiger charge is -2.34. The highest BCUT2D eigenvalue weighted by atomic mass is 16.5. The first-order valence-corrected chi connectivity index (χ1v) is 12.1. The van der Waals surface area contributed by atoms with E-state index in [4.69, 9.17) is 19.8 Å². The van der Waals surface area contributed by atoms with Gasteiger partial charge in [0.15, 0.2) is 0 Å². The zero-order valence-corrected chi connectivity index (χ0v) is 21.3. The van der Waals surface area contributed by atoms with Crippen LogP contribution in [-0.4, -0.2) is 70.2 Å². The number of hydrogen-bond acceptors (Lipinski definition) is 7. The maximum absolute atomic E-state index is 13.5. The summed E-state index contributed by atoms with van der Waals surface area (Å²) in [6.07, 6.45) is 2.35. The fourth-order valence-corrected chi connectivity index (χ4v) is 3.96. The smallest absolute Gasteiger partial charge is 0.329 e. The number of carboxylic acid groups (broad SMARTS) is 1.